The van der Waals surface area contributed by atoms with E-state index in [2.05, 4.69) is 56.2 Å². The summed E-state index contributed by atoms with van der Waals surface area (Å²) in [6.07, 6.45) is 9.50. The smallest absolute Gasteiger partial charge is 0.306 e. The van der Waals surface area contributed by atoms with Crippen molar-refractivity contribution in [3.05, 3.63) is 58.0 Å². The summed E-state index contributed by atoms with van der Waals surface area (Å²) < 4.78 is 3.82. The zero-order valence-electron chi connectivity index (χ0n) is 26.3. The first-order chi connectivity index (χ1) is 21.1. The summed E-state index contributed by atoms with van der Waals surface area (Å²) in [5.41, 5.74) is 6.82. The zero-order valence-corrected chi connectivity index (χ0v) is 26.3. The molecule has 44 heavy (non-hydrogen) atoms. The number of aromatic nitrogens is 5. The van der Waals surface area contributed by atoms with E-state index in [1.807, 2.05) is 24.9 Å². The molecule has 0 spiro atoms. The summed E-state index contributed by atoms with van der Waals surface area (Å²) in [6, 6.07) is 8.40. The highest BCUT2D eigenvalue weighted by atomic mass is 16.4. The molecule has 3 aliphatic rings. The number of nitrogens with zero attached hydrogens (tertiary/aromatic N) is 6. The second kappa shape index (κ2) is 10.6. The Labute approximate surface area is 257 Å². The molecule has 1 aromatic carbocycles. The van der Waals surface area contributed by atoms with Crippen LogP contribution in [-0.4, -0.2) is 52.9 Å². The Morgan fingerprint density at radius 2 is 1.95 bits per heavy atom. The van der Waals surface area contributed by atoms with Crippen LogP contribution in [0.15, 0.2) is 35.5 Å². The molecule has 2 saturated carbocycles. The van der Waals surface area contributed by atoms with E-state index in [0.717, 1.165) is 75.6 Å². The van der Waals surface area contributed by atoms with Crippen molar-refractivity contribution in [1.29, 1.82) is 0 Å². The lowest BCUT2D eigenvalue weighted by Gasteiger charge is -2.56. The molecule has 1 aliphatic heterocycles. The Morgan fingerprint density at radius 1 is 1.16 bits per heavy atom. The first-order valence-electron chi connectivity index (χ1n) is 16.1. The molecule has 3 aromatic heterocycles. The summed E-state index contributed by atoms with van der Waals surface area (Å²) in [7, 11) is 1.91. The highest BCUT2D eigenvalue weighted by Gasteiger charge is 2.54. The molecule has 4 aromatic rings. The summed E-state index contributed by atoms with van der Waals surface area (Å²) in [5, 5.41) is 33.7. The highest BCUT2D eigenvalue weighted by molar-refractivity contribution is 5.77. The van der Waals surface area contributed by atoms with E-state index in [0.29, 0.717) is 25.2 Å². The molecule has 0 radical (unpaired) electrons. The van der Waals surface area contributed by atoms with Crippen LogP contribution in [0.1, 0.15) is 81.7 Å². The van der Waals surface area contributed by atoms with Crippen LogP contribution in [0.4, 0.5) is 0 Å². The van der Waals surface area contributed by atoms with Gasteiger partial charge in [0.05, 0.1) is 40.5 Å². The third-order valence-corrected chi connectivity index (χ3v) is 10.8. The monoisotopic (exact) mass is 594 g/mol. The van der Waals surface area contributed by atoms with Crippen LogP contribution < -0.4 is 10.6 Å². The lowest BCUT2D eigenvalue weighted by atomic mass is 9.49. The number of aliphatic carboxylic acids is 1. The minimum Gasteiger partial charge on any atom is -0.481 e. The molecule has 0 bridgehead atoms. The summed E-state index contributed by atoms with van der Waals surface area (Å²) in [4.78, 5) is 21.4. The van der Waals surface area contributed by atoms with Gasteiger partial charge in [-0.2, -0.15) is 10.2 Å². The SMILES string of the molecule is Cc1nc2nn(C)cc2cc1-n1nc(-c2cccc3c2=CC(CCC(O)[C@@]24CCC2C[C@H](C(=O)O)CC4)N=3)c(C(C)C)c1C. The lowest BCUT2D eigenvalue weighted by molar-refractivity contribution is -0.157. The van der Waals surface area contributed by atoms with Crippen LogP contribution in [0.3, 0.4) is 0 Å². The van der Waals surface area contributed by atoms with E-state index in [9.17, 15) is 15.0 Å². The minimum absolute atomic E-state index is 0.00352. The van der Waals surface area contributed by atoms with Crippen molar-refractivity contribution >= 4 is 23.1 Å². The van der Waals surface area contributed by atoms with Crippen molar-refractivity contribution in [2.24, 2.45) is 29.3 Å². The van der Waals surface area contributed by atoms with Crippen molar-refractivity contribution in [1.82, 2.24) is 24.5 Å². The molecule has 3 unspecified atom stereocenters. The van der Waals surface area contributed by atoms with Gasteiger partial charge in [0.25, 0.3) is 0 Å². The van der Waals surface area contributed by atoms with Crippen molar-refractivity contribution in [2.45, 2.75) is 90.7 Å². The van der Waals surface area contributed by atoms with Crippen LogP contribution in [0.5, 0.6) is 0 Å². The largest absolute Gasteiger partial charge is 0.481 e. The van der Waals surface area contributed by atoms with Crippen molar-refractivity contribution in [3.8, 4) is 16.9 Å². The highest BCUT2D eigenvalue weighted by Crippen LogP contribution is 2.59. The number of rotatable bonds is 8. The Morgan fingerprint density at radius 3 is 2.66 bits per heavy atom. The van der Waals surface area contributed by atoms with E-state index >= 15 is 0 Å². The maximum atomic E-state index is 11.6. The van der Waals surface area contributed by atoms with Gasteiger partial charge in [0.15, 0.2) is 5.65 Å². The normalized spacial score (nSPS) is 24.8. The van der Waals surface area contributed by atoms with Gasteiger partial charge >= 0.3 is 5.97 Å². The fraction of sp³-hybridized carbons (Fsp3) is 0.514. The molecular weight excluding hydrogens is 552 g/mol. The number of carbonyl (C=O) groups is 1. The number of carboxylic acids is 1. The molecule has 2 fully saturated rings. The van der Waals surface area contributed by atoms with Gasteiger partial charge in [0.2, 0.25) is 0 Å². The van der Waals surface area contributed by atoms with E-state index in [1.54, 1.807) is 4.68 Å². The Bertz CT molecular complexity index is 1910. The number of carboxylic acid groups (broad SMARTS) is 1. The number of aliphatic hydroxyl groups excluding tert-OH is 1. The Kier molecular flexibility index (Phi) is 6.99. The van der Waals surface area contributed by atoms with Crippen molar-refractivity contribution in [3.63, 3.8) is 0 Å². The van der Waals surface area contributed by atoms with Gasteiger partial charge in [-0.3, -0.25) is 14.5 Å². The second-order valence-corrected chi connectivity index (χ2v) is 13.7. The maximum Gasteiger partial charge on any atom is 0.306 e. The predicted molar refractivity (Wildman–Crippen MR) is 169 cm³/mol. The summed E-state index contributed by atoms with van der Waals surface area (Å²) in [6.45, 7) is 8.57. The first kappa shape index (κ1) is 28.9. The van der Waals surface area contributed by atoms with Gasteiger partial charge in [-0.25, -0.2) is 9.67 Å². The van der Waals surface area contributed by atoms with E-state index in [4.69, 9.17) is 15.1 Å². The molecule has 2 aliphatic carbocycles. The summed E-state index contributed by atoms with van der Waals surface area (Å²) in [5.74, 6) is -0.353. The number of hydrogen-bond acceptors (Lipinski definition) is 6. The van der Waals surface area contributed by atoms with Gasteiger partial charge in [0, 0.05) is 40.7 Å². The van der Waals surface area contributed by atoms with Gasteiger partial charge < -0.3 is 10.2 Å². The molecule has 7 rings (SSSR count). The number of benzene rings is 1. The average molecular weight is 595 g/mol. The average Bonchev–Trinajstić information content (AvgIpc) is 3.65. The van der Waals surface area contributed by atoms with Gasteiger partial charge in [0.1, 0.15) is 0 Å². The quantitative estimate of drug-likeness (QED) is 0.304. The topological polar surface area (TPSA) is 118 Å². The first-order valence-corrected chi connectivity index (χ1v) is 16.1. The van der Waals surface area contributed by atoms with Crippen LogP contribution in [-0.2, 0) is 11.8 Å². The van der Waals surface area contributed by atoms with Gasteiger partial charge in [-0.05, 0) is 88.2 Å². The predicted octanol–water partition coefficient (Wildman–Crippen LogP) is 4.77. The van der Waals surface area contributed by atoms with Crippen LogP contribution >= 0.6 is 0 Å². The molecule has 230 valence electrons. The molecule has 0 saturated heterocycles. The molecular formula is C35H42N6O3. The van der Waals surface area contributed by atoms with E-state index in [1.165, 1.54) is 5.56 Å². The van der Waals surface area contributed by atoms with Gasteiger partial charge in [-0.15, -0.1) is 0 Å². The lowest BCUT2D eigenvalue weighted by Crippen LogP contribution is -2.53. The standard InChI is InChI=1S/C35H42N6O3/c1-19(2)31-21(4)41(29-16-23-18-40(5)39-33(23)36-20(29)3)38-32(31)26-7-6-8-28-27(26)17-25(37-28)9-10-30(42)35-13-11-22(34(43)44)15-24(35)12-14-35/h6-8,16-19,22,24-25,30,42H,9-15H2,1-5H3,(H,43,44)/t22-,24?,25?,30?,35+/m1/s1. The van der Waals surface area contributed by atoms with Crippen molar-refractivity contribution in [2.75, 3.05) is 0 Å². The fourth-order valence-corrected chi connectivity index (χ4v) is 8.36. The van der Waals surface area contributed by atoms with E-state index < -0.39 is 12.1 Å². The van der Waals surface area contributed by atoms with Gasteiger partial charge in [-0.1, -0.05) is 32.1 Å². The number of pyridine rings is 1. The van der Waals surface area contributed by atoms with Crippen LogP contribution in [0, 0.1) is 31.1 Å². The molecule has 9 nitrogen and oxygen atoms in total. The number of aryl methyl sites for hydroxylation is 2. The fourth-order valence-electron chi connectivity index (χ4n) is 8.36. The Hall–Kier alpha value is -3.85. The maximum absolute atomic E-state index is 11.6. The van der Waals surface area contributed by atoms with Crippen LogP contribution in [0.25, 0.3) is 34.1 Å². The number of aliphatic hydroxyl groups is 1. The zero-order chi connectivity index (χ0) is 30.9. The summed E-state index contributed by atoms with van der Waals surface area (Å²) >= 11 is 0. The second-order valence-electron chi connectivity index (χ2n) is 13.7. The molecule has 9 heteroatoms. The number of hydrogen-bond donors (Lipinski definition) is 2. The number of fused-ring (bicyclic) bond motifs is 3. The third-order valence-electron chi connectivity index (χ3n) is 10.8. The molecule has 0 amide bonds. The molecule has 4 heterocycles. The molecule has 5 atom stereocenters. The Balaban J connectivity index is 1.18. The van der Waals surface area contributed by atoms with E-state index in [-0.39, 0.29) is 23.3 Å². The third kappa shape index (κ3) is 4.59. The molecule has 2 N–H and O–H groups in total. The van der Waals surface area contributed by atoms with Crippen LogP contribution in [0.2, 0.25) is 0 Å². The minimum atomic E-state index is -0.685. The van der Waals surface area contributed by atoms with Crippen molar-refractivity contribution < 1.29 is 15.0 Å².